The van der Waals surface area contributed by atoms with Gasteiger partial charge in [-0.25, -0.2) is 9.18 Å². The molecule has 2 aromatic rings. The summed E-state index contributed by atoms with van der Waals surface area (Å²) in [7, 11) is 0. The van der Waals surface area contributed by atoms with Crippen LogP contribution in [0.25, 0.3) is 0 Å². The van der Waals surface area contributed by atoms with Gasteiger partial charge in [0.1, 0.15) is 11.6 Å². The van der Waals surface area contributed by atoms with Gasteiger partial charge in [-0.15, -0.1) is 0 Å². The molecule has 3 N–H and O–H groups in total. The number of carbonyl (C=O) groups is 1. The number of aryl methyl sites for hydroxylation is 1. The summed E-state index contributed by atoms with van der Waals surface area (Å²) >= 11 is 0. The minimum atomic E-state index is -0.630. The Labute approximate surface area is 115 Å². The van der Waals surface area contributed by atoms with E-state index in [1.165, 1.54) is 6.07 Å². The van der Waals surface area contributed by atoms with Crippen LogP contribution in [0, 0.1) is 12.7 Å². The van der Waals surface area contributed by atoms with E-state index in [2.05, 4.69) is 10.4 Å². The van der Waals surface area contributed by atoms with Crippen molar-refractivity contribution in [2.24, 2.45) is 0 Å². The van der Waals surface area contributed by atoms with Crippen LogP contribution in [0.1, 0.15) is 24.1 Å². The number of carbonyl (C=O) groups excluding carboxylic acids is 1. The number of halogens is 1. The topological polar surface area (TPSA) is 72.9 Å². The fourth-order valence-electron chi connectivity index (χ4n) is 2.38. The lowest BCUT2D eigenvalue weighted by atomic mass is 10.0. The monoisotopic (exact) mass is 274 g/mol. The molecule has 0 bridgehead atoms. The predicted octanol–water partition coefficient (Wildman–Crippen LogP) is 2.16. The SMILES string of the molecule is Cc1cc(N)n(C(=O)NC2(c3ccccc3F)CC2)n1. The Kier molecular flexibility index (Phi) is 2.74. The summed E-state index contributed by atoms with van der Waals surface area (Å²) in [6.07, 6.45) is 1.42. The molecule has 20 heavy (non-hydrogen) atoms. The zero-order valence-electron chi connectivity index (χ0n) is 11.1. The first-order chi connectivity index (χ1) is 9.52. The Morgan fingerprint density at radius 1 is 1.45 bits per heavy atom. The van der Waals surface area contributed by atoms with Gasteiger partial charge in [0.15, 0.2) is 0 Å². The zero-order chi connectivity index (χ0) is 14.3. The van der Waals surface area contributed by atoms with Crippen LogP contribution in [0.2, 0.25) is 0 Å². The van der Waals surface area contributed by atoms with Crippen LogP contribution in [0.3, 0.4) is 0 Å². The maximum atomic E-state index is 13.9. The Morgan fingerprint density at radius 3 is 2.70 bits per heavy atom. The van der Waals surface area contributed by atoms with E-state index in [9.17, 15) is 9.18 Å². The van der Waals surface area contributed by atoms with E-state index in [0.29, 0.717) is 24.1 Å². The van der Waals surface area contributed by atoms with Gasteiger partial charge in [-0.05, 0) is 25.8 Å². The molecule has 1 heterocycles. The van der Waals surface area contributed by atoms with Gasteiger partial charge in [0.25, 0.3) is 0 Å². The van der Waals surface area contributed by atoms with Crippen LogP contribution >= 0.6 is 0 Å². The number of rotatable bonds is 2. The molecule has 1 amide bonds. The van der Waals surface area contributed by atoms with Crippen molar-refractivity contribution >= 4 is 11.8 Å². The molecular formula is C14H15FN4O. The molecule has 0 radical (unpaired) electrons. The van der Waals surface area contributed by atoms with E-state index in [4.69, 9.17) is 5.73 Å². The second-order valence-corrected chi connectivity index (χ2v) is 5.11. The Morgan fingerprint density at radius 2 is 2.15 bits per heavy atom. The summed E-state index contributed by atoms with van der Waals surface area (Å²) < 4.78 is 15.0. The molecule has 1 fully saturated rings. The molecule has 1 aromatic carbocycles. The van der Waals surface area contributed by atoms with Crippen molar-refractivity contribution in [3.63, 3.8) is 0 Å². The van der Waals surface area contributed by atoms with Crippen molar-refractivity contribution in [3.05, 3.63) is 47.4 Å². The first-order valence-electron chi connectivity index (χ1n) is 6.41. The average Bonchev–Trinajstić information content (AvgIpc) is 3.08. The molecule has 1 aromatic heterocycles. The molecule has 5 nitrogen and oxygen atoms in total. The summed E-state index contributed by atoms with van der Waals surface area (Å²) in [6, 6.07) is 7.66. The lowest BCUT2D eigenvalue weighted by molar-refractivity contribution is 0.234. The molecule has 0 atom stereocenters. The largest absolute Gasteiger partial charge is 0.383 e. The lowest BCUT2D eigenvalue weighted by Gasteiger charge is -2.18. The third-order valence-corrected chi connectivity index (χ3v) is 3.54. The van der Waals surface area contributed by atoms with Gasteiger partial charge in [0.2, 0.25) is 0 Å². The second-order valence-electron chi connectivity index (χ2n) is 5.11. The number of anilines is 1. The van der Waals surface area contributed by atoms with Crippen LogP contribution in [0.4, 0.5) is 15.0 Å². The van der Waals surface area contributed by atoms with E-state index in [1.54, 1.807) is 31.2 Å². The van der Waals surface area contributed by atoms with E-state index in [1.807, 2.05) is 0 Å². The predicted molar refractivity (Wildman–Crippen MR) is 72.6 cm³/mol. The summed E-state index contributed by atoms with van der Waals surface area (Å²) in [5.41, 5.74) is 6.26. The Balaban J connectivity index is 1.86. The van der Waals surface area contributed by atoms with Gasteiger partial charge in [-0.2, -0.15) is 9.78 Å². The third-order valence-electron chi connectivity index (χ3n) is 3.54. The van der Waals surface area contributed by atoms with E-state index < -0.39 is 11.6 Å². The number of aromatic nitrogens is 2. The highest BCUT2D eigenvalue weighted by atomic mass is 19.1. The fraction of sp³-hybridized carbons (Fsp3) is 0.286. The molecule has 1 aliphatic carbocycles. The quantitative estimate of drug-likeness (QED) is 0.881. The minimum absolute atomic E-state index is 0.268. The molecule has 0 aliphatic heterocycles. The number of nitrogens with one attached hydrogen (secondary N) is 1. The Bertz CT molecular complexity index is 676. The highest BCUT2D eigenvalue weighted by Gasteiger charge is 2.47. The van der Waals surface area contributed by atoms with Crippen molar-refractivity contribution < 1.29 is 9.18 Å². The van der Waals surface area contributed by atoms with Gasteiger partial charge in [0.05, 0.1) is 11.2 Å². The van der Waals surface area contributed by atoms with Crippen molar-refractivity contribution in [2.75, 3.05) is 5.73 Å². The maximum Gasteiger partial charge on any atom is 0.344 e. The maximum absolute atomic E-state index is 13.9. The van der Waals surface area contributed by atoms with E-state index >= 15 is 0 Å². The third kappa shape index (κ3) is 2.03. The van der Waals surface area contributed by atoms with Gasteiger partial charge in [-0.1, -0.05) is 18.2 Å². The Hall–Kier alpha value is -2.37. The zero-order valence-corrected chi connectivity index (χ0v) is 11.1. The molecule has 1 aliphatic rings. The number of nitrogens with two attached hydrogens (primary N) is 1. The van der Waals surface area contributed by atoms with E-state index in [-0.39, 0.29) is 11.6 Å². The number of amides is 1. The summed E-state index contributed by atoms with van der Waals surface area (Å²) in [5.74, 6) is -0.0424. The molecule has 104 valence electrons. The molecule has 0 unspecified atom stereocenters. The van der Waals surface area contributed by atoms with Crippen LogP contribution in [0.15, 0.2) is 30.3 Å². The number of hydrogen-bond acceptors (Lipinski definition) is 3. The molecule has 1 saturated carbocycles. The number of hydrogen-bond donors (Lipinski definition) is 2. The number of benzene rings is 1. The molecule has 0 spiro atoms. The highest BCUT2D eigenvalue weighted by Crippen LogP contribution is 2.46. The number of nitrogen functional groups attached to an aromatic ring is 1. The summed E-state index contributed by atoms with van der Waals surface area (Å²) in [5, 5.41) is 6.86. The molecule has 3 rings (SSSR count). The van der Waals surface area contributed by atoms with Crippen LogP contribution in [0.5, 0.6) is 0 Å². The van der Waals surface area contributed by atoms with Crippen LogP contribution in [-0.2, 0) is 5.54 Å². The van der Waals surface area contributed by atoms with Crippen LogP contribution in [-0.4, -0.2) is 15.8 Å². The average molecular weight is 274 g/mol. The molecular weight excluding hydrogens is 259 g/mol. The summed E-state index contributed by atoms with van der Waals surface area (Å²) in [6.45, 7) is 1.75. The van der Waals surface area contributed by atoms with Gasteiger partial charge in [0, 0.05) is 11.6 Å². The fourth-order valence-corrected chi connectivity index (χ4v) is 2.38. The number of nitrogens with zero attached hydrogens (tertiary/aromatic N) is 2. The van der Waals surface area contributed by atoms with Gasteiger partial charge < -0.3 is 11.1 Å². The first kappa shape index (κ1) is 12.7. The minimum Gasteiger partial charge on any atom is -0.383 e. The second kappa shape index (κ2) is 4.33. The highest BCUT2D eigenvalue weighted by molar-refractivity contribution is 5.80. The standard InChI is InChI=1S/C14H15FN4O/c1-9-8-12(16)19(18-9)13(20)17-14(6-7-14)10-4-2-3-5-11(10)15/h2-5,8H,6-7,16H2,1H3,(H,17,20). The smallest absolute Gasteiger partial charge is 0.344 e. The molecule has 6 heteroatoms. The first-order valence-corrected chi connectivity index (χ1v) is 6.41. The van der Waals surface area contributed by atoms with Crippen molar-refractivity contribution in [2.45, 2.75) is 25.3 Å². The lowest BCUT2D eigenvalue weighted by Crippen LogP contribution is -2.39. The van der Waals surface area contributed by atoms with Gasteiger partial charge >= 0.3 is 6.03 Å². The van der Waals surface area contributed by atoms with Crippen LogP contribution < -0.4 is 11.1 Å². The van der Waals surface area contributed by atoms with Crippen molar-refractivity contribution in [1.82, 2.24) is 15.1 Å². The van der Waals surface area contributed by atoms with Gasteiger partial charge in [-0.3, -0.25) is 0 Å². The normalized spacial score (nSPS) is 15.9. The van der Waals surface area contributed by atoms with Crippen molar-refractivity contribution in [3.8, 4) is 0 Å². The summed E-state index contributed by atoms with van der Waals surface area (Å²) in [4.78, 5) is 12.2. The van der Waals surface area contributed by atoms with Crippen molar-refractivity contribution in [1.29, 1.82) is 0 Å². The molecule has 0 saturated heterocycles. The van der Waals surface area contributed by atoms with E-state index in [0.717, 1.165) is 4.68 Å².